The first-order valence-electron chi connectivity index (χ1n) is 10.0. The maximum Gasteiger partial charge on any atom is 0.260 e. The molecule has 0 aromatic heterocycles. The monoisotopic (exact) mass is 482 g/mol. The van der Waals surface area contributed by atoms with Gasteiger partial charge in [0, 0.05) is 52.5 Å². The summed E-state index contributed by atoms with van der Waals surface area (Å²) in [6, 6.07) is 5.42. The Balaban J connectivity index is 0.00000450. The van der Waals surface area contributed by atoms with Crippen molar-refractivity contribution in [3.63, 3.8) is 0 Å². The van der Waals surface area contributed by atoms with Gasteiger partial charge in [0.2, 0.25) is 0 Å². The zero-order valence-corrected chi connectivity index (χ0v) is 20.3. The van der Waals surface area contributed by atoms with Crippen LogP contribution in [0.5, 0.6) is 5.75 Å². The van der Waals surface area contributed by atoms with E-state index < -0.39 is 0 Å². The fourth-order valence-electron chi connectivity index (χ4n) is 3.83. The quantitative estimate of drug-likeness (QED) is 0.473. The first-order chi connectivity index (χ1) is 14.0. The topological polar surface area (TPSA) is 51.2 Å². The van der Waals surface area contributed by atoms with Crippen LogP contribution in [0.1, 0.15) is 25.7 Å². The summed E-state index contributed by atoms with van der Waals surface area (Å²) in [6.45, 7) is 2.93. The largest absolute Gasteiger partial charge is 0.484 e. The molecule has 0 N–H and O–H groups in total. The predicted molar refractivity (Wildman–Crippen MR) is 123 cm³/mol. The lowest BCUT2D eigenvalue weighted by molar-refractivity contribution is -0.136. The van der Waals surface area contributed by atoms with Crippen molar-refractivity contribution in [3.05, 3.63) is 28.2 Å². The summed E-state index contributed by atoms with van der Waals surface area (Å²) >= 11 is 11.9. The summed E-state index contributed by atoms with van der Waals surface area (Å²) in [5.41, 5.74) is 0. The van der Waals surface area contributed by atoms with Crippen molar-refractivity contribution in [1.82, 2.24) is 9.80 Å². The first kappa shape index (κ1) is 27.3. The summed E-state index contributed by atoms with van der Waals surface area (Å²) < 4.78 is 16.2. The molecule has 2 rings (SSSR count). The van der Waals surface area contributed by atoms with Crippen LogP contribution in [-0.4, -0.2) is 82.0 Å². The van der Waals surface area contributed by atoms with Crippen LogP contribution in [0.4, 0.5) is 0 Å². The molecule has 2 atom stereocenters. The lowest BCUT2D eigenvalue weighted by Crippen LogP contribution is -2.55. The average molecular weight is 484 g/mol. The molecule has 1 amide bonds. The van der Waals surface area contributed by atoms with Crippen molar-refractivity contribution < 1.29 is 19.0 Å². The Morgan fingerprint density at radius 3 is 2.20 bits per heavy atom. The molecule has 1 aromatic rings. The Morgan fingerprint density at radius 2 is 1.63 bits per heavy atom. The summed E-state index contributed by atoms with van der Waals surface area (Å²) in [5.74, 6) is 0.481. The van der Waals surface area contributed by atoms with E-state index in [0.717, 1.165) is 32.4 Å². The van der Waals surface area contributed by atoms with E-state index in [-0.39, 0.29) is 37.0 Å². The van der Waals surface area contributed by atoms with Gasteiger partial charge in [-0.05, 0) is 25.0 Å². The van der Waals surface area contributed by atoms with Gasteiger partial charge in [-0.3, -0.25) is 9.69 Å². The highest BCUT2D eigenvalue weighted by Gasteiger charge is 2.34. The van der Waals surface area contributed by atoms with Gasteiger partial charge in [-0.25, -0.2) is 0 Å². The normalized spacial score (nSPS) is 18.7. The zero-order chi connectivity index (χ0) is 21.2. The van der Waals surface area contributed by atoms with Gasteiger partial charge < -0.3 is 19.1 Å². The van der Waals surface area contributed by atoms with Gasteiger partial charge in [0.1, 0.15) is 5.75 Å². The molecule has 0 bridgehead atoms. The molecule has 30 heavy (non-hydrogen) atoms. The predicted octanol–water partition coefficient (Wildman–Crippen LogP) is 4.16. The van der Waals surface area contributed by atoms with Crippen LogP contribution in [0.25, 0.3) is 0 Å². The highest BCUT2D eigenvalue weighted by molar-refractivity contribution is 6.42. The number of ether oxygens (including phenoxy) is 3. The number of likely N-dealkylation sites (N-methyl/N-ethyl adjacent to an activating group) is 1. The van der Waals surface area contributed by atoms with Crippen molar-refractivity contribution in [3.8, 4) is 5.75 Å². The number of carbonyl (C=O) groups is 1. The Hall–Kier alpha value is -0.760. The highest BCUT2D eigenvalue weighted by Crippen LogP contribution is 2.28. The van der Waals surface area contributed by atoms with E-state index >= 15 is 0 Å². The van der Waals surface area contributed by atoms with Crippen LogP contribution in [0.3, 0.4) is 0 Å². The van der Waals surface area contributed by atoms with E-state index in [9.17, 15) is 4.79 Å². The SMILES string of the molecule is COCCN(CCOC)[C@@H]1CCCC[C@H]1N(C)C(=O)COc1ccc(Cl)c(Cl)c1.Cl. The van der Waals surface area contributed by atoms with Crippen LogP contribution >= 0.6 is 35.6 Å². The second-order valence-corrected chi connectivity index (χ2v) is 8.12. The minimum atomic E-state index is -0.0496. The number of hydrogen-bond donors (Lipinski definition) is 0. The van der Waals surface area contributed by atoms with Gasteiger partial charge in [0.25, 0.3) is 5.91 Å². The van der Waals surface area contributed by atoms with Crippen molar-refractivity contribution in [2.45, 2.75) is 37.8 Å². The fourth-order valence-corrected chi connectivity index (χ4v) is 4.12. The van der Waals surface area contributed by atoms with Gasteiger partial charge in [-0.1, -0.05) is 36.0 Å². The number of halogens is 3. The molecule has 0 aliphatic heterocycles. The standard InChI is InChI=1S/C21H32Cl2N2O4.ClH/c1-24(21(26)15-29-16-8-9-17(22)18(23)14-16)19-6-4-5-7-20(19)25(10-12-27-2)11-13-28-3;/h8-9,14,19-20H,4-7,10-13,15H2,1-3H3;1H/t19-,20-;/m1./s1. The maximum atomic E-state index is 12.8. The maximum absolute atomic E-state index is 12.8. The van der Waals surface area contributed by atoms with E-state index in [4.69, 9.17) is 37.4 Å². The molecule has 0 radical (unpaired) electrons. The Labute approximate surface area is 196 Å². The van der Waals surface area contributed by atoms with E-state index in [0.29, 0.717) is 29.0 Å². The second-order valence-electron chi connectivity index (χ2n) is 7.31. The third-order valence-corrected chi connectivity index (χ3v) is 6.21. The lowest BCUT2D eigenvalue weighted by atomic mass is 9.88. The van der Waals surface area contributed by atoms with Crippen LogP contribution in [0.15, 0.2) is 18.2 Å². The van der Waals surface area contributed by atoms with Crippen LogP contribution in [-0.2, 0) is 14.3 Å². The molecule has 9 heteroatoms. The minimum absolute atomic E-state index is 0. The molecule has 0 heterocycles. The summed E-state index contributed by atoms with van der Waals surface area (Å²) in [5, 5.41) is 0.865. The number of rotatable bonds is 11. The van der Waals surface area contributed by atoms with Crippen molar-refractivity contribution in [2.24, 2.45) is 0 Å². The smallest absolute Gasteiger partial charge is 0.260 e. The van der Waals surface area contributed by atoms with E-state index in [1.54, 1.807) is 32.4 Å². The highest BCUT2D eigenvalue weighted by atomic mass is 35.5. The summed E-state index contributed by atoms with van der Waals surface area (Å²) in [7, 11) is 5.29. The Bertz CT molecular complexity index is 643. The molecule has 1 aliphatic carbocycles. The van der Waals surface area contributed by atoms with Gasteiger partial charge in [0.05, 0.1) is 23.3 Å². The van der Waals surface area contributed by atoms with Gasteiger partial charge in [-0.2, -0.15) is 0 Å². The second kappa shape index (κ2) is 14.3. The van der Waals surface area contributed by atoms with Gasteiger partial charge in [-0.15, -0.1) is 12.4 Å². The average Bonchev–Trinajstić information content (AvgIpc) is 2.74. The minimum Gasteiger partial charge on any atom is -0.484 e. The number of methoxy groups -OCH3 is 2. The van der Waals surface area contributed by atoms with E-state index in [1.165, 1.54) is 6.42 Å². The molecule has 0 saturated heterocycles. The molecule has 1 saturated carbocycles. The Morgan fingerprint density at radius 1 is 1.03 bits per heavy atom. The van der Waals surface area contributed by atoms with Crippen LogP contribution < -0.4 is 4.74 Å². The van der Waals surface area contributed by atoms with Crippen molar-refractivity contribution in [1.29, 1.82) is 0 Å². The fraction of sp³-hybridized carbons (Fsp3) is 0.667. The molecule has 1 fully saturated rings. The number of hydrogen-bond acceptors (Lipinski definition) is 5. The molecule has 1 aliphatic rings. The van der Waals surface area contributed by atoms with Crippen molar-refractivity contribution >= 4 is 41.5 Å². The van der Waals surface area contributed by atoms with E-state index in [1.807, 2.05) is 11.9 Å². The molecule has 6 nitrogen and oxygen atoms in total. The summed E-state index contributed by atoms with van der Waals surface area (Å²) in [6.07, 6.45) is 4.33. The number of amides is 1. The molecule has 1 aromatic carbocycles. The number of benzene rings is 1. The lowest BCUT2D eigenvalue weighted by Gasteiger charge is -2.43. The zero-order valence-electron chi connectivity index (χ0n) is 17.9. The molecule has 0 unspecified atom stereocenters. The number of carbonyl (C=O) groups excluding carboxylic acids is 1. The molecule has 0 spiro atoms. The summed E-state index contributed by atoms with van der Waals surface area (Å²) in [4.78, 5) is 17.1. The molecular weight excluding hydrogens is 451 g/mol. The first-order valence-corrected chi connectivity index (χ1v) is 10.8. The Kier molecular flexibility index (Phi) is 13.0. The van der Waals surface area contributed by atoms with Crippen molar-refractivity contribution in [2.75, 3.05) is 54.2 Å². The molecular formula is C21H33Cl3N2O4. The third-order valence-electron chi connectivity index (χ3n) is 5.47. The van der Waals surface area contributed by atoms with Gasteiger partial charge >= 0.3 is 0 Å². The number of nitrogens with zero attached hydrogens (tertiary/aromatic N) is 2. The van der Waals surface area contributed by atoms with E-state index in [2.05, 4.69) is 4.90 Å². The van der Waals surface area contributed by atoms with Gasteiger partial charge in [0.15, 0.2) is 6.61 Å². The third kappa shape index (κ3) is 8.06. The van der Waals surface area contributed by atoms with Crippen LogP contribution in [0, 0.1) is 0 Å². The van der Waals surface area contributed by atoms with Crippen LogP contribution in [0.2, 0.25) is 10.0 Å². The molecule has 172 valence electrons.